The second kappa shape index (κ2) is 7.23. The van der Waals surface area contributed by atoms with Gasteiger partial charge in [0.25, 0.3) is 5.91 Å². The van der Waals surface area contributed by atoms with Crippen LogP contribution in [0.2, 0.25) is 5.02 Å². The molecule has 0 spiro atoms. The Kier molecular flexibility index (Phi) is 4.86. The summed E-state index contributed by atoms with van der Waals surface area (Å²) in [6.07, 6.45) is 4.18. The van der Waals surface area contributed by atoms with Gasteiger partial charge in [-0.25, -0.2) is 4.68 Å². The highest BCUT2D eigenvalue weighted by Gasteiger charge is 2.21. The molecule has 0 bridgehead atoms. The summed E-state index contributed by atoms with van der Waals surface area (Å²) in [6, 6.07) is 10.9. The van der Waals surface area contributed by atoms with E-state index in [-0.39, 0.29) is 11.6 Å². The van der Waals surface area contributed by atoms with E-state index in [9.17, 15) is 4.79 Å². The number of nitrogens with zero attached hydrogens (tertiary/aromatic N) is 4. The van der Waals surface area contributed by atoms with Crippen molar-refractivity contribution in [1.82, 2.24) is 25.3 Å². The largest absolute Gasteiger partial charge is 0.351 e. The molecule has 3 aromatic rings. The molecule has 0 aliphatic carbocycles. The van der Waals surface area contributed by atoms with Crippen molar-refractivity contribution in [3.8, 4) is 16.9 Å². The van der Waals surface area contributed by atoms with Crippen LogP contribution in [-0.4, -0.2) is 32.4 Å². The van der Waals surface area contributed by atoms with Crippen LogP contribution in [0.5, 0.6) is 0 Å². The van der Waals surface area contributed by atoms with Crippen LogP contribution in [0, 0.1) is 0 Å². The number of carbonyl (C=O) groups excluding carboxylic acids is 1. The SMILES string of the molecule is CCCNC(=O)c1nnn(-c2cccc(Cl)c2)c1-c1ccncc1. The fourth-order valence-electron chi connectivity index (χ4n) is 2.31. The Hall–Kier alpha value is -2.73. The molecule has 1 amide bonds. The monoisotopic (exact) mass is 341 g/mol. The standard InChI is InChI=1S/C17H16ClN5O/c1-2-8-20-17(24)15-16(12-6-9-19-10-7-12)23(22-21-15)14-5-3-4-13(18)11-14/h3-7,9-11H,2,8H2,1H3,(H,20,24). The van der Waals surface area contributed by atoms with Crippen molar-refractivity contribution in [2.24, 2.45) is 0 Å². The number of halogens is 1. The predicted octanol–water partition coefficient (Wildman–Crippen LogP) is 3.12. The quantitative estimate of drug-likeness (QED) is 0.773. The zero-order valence-corrected chi connectivity index (χ0v) is 13.9. The van der Waals surface area contributed by atoms with Crippen LogP contribution in [0.3, 0.4) is 0 Å². The van der Waals surface area contributed by atoms with E-state index in [4.69, 9.17) is 11.6 Å². The van der Waals surface area contributed by atoms with Gasteiger partial charge in [0.05, 0.1) is 5.69 Å². The number of aromatic nitrogens is 4. The molecule has 2 heterocycles. The smallest absolute Gasteiger partial charge is 0.274 e. The topological polar surface area (TPSA) is 72.7 Å². The lowest BCUT2D eigenvalue weighted by Gasteiger charge is -2.08. The second-order valence-corrected chi connectivity index (χ2v) is 5.61. The van der Waals surface area contributed by atoms with E-state index in [1.54, 1.807) is 29.2 Å². The first-order chi connectivity index (χ1) is 11.7. The Morgan fingerprint density at radius 2 is 2.04 bits per heavy atom. The van der Waals surface area contributed by atoms with Gasteiger partial charge in [0.2, 0.25) is 0 Å². The number of carbonyl (C=O) groups is 1. The molecule has 0 aliphatic rings. The van der Waals surface area contributed by atoms with Gasteiger partial charge in [-0.05, 0) is 36.8 Å². The summed E-state index contributed by atoms with van der Waals surface area (Å²) in [6.45, 7) is 2.57. The summed E-state index contributed by atoms with van der Waals surface area (Å²) < 4.78 is 1.61. The van der Waals surface area contributed by atoms with Gasteiger partial charge in [0.1, 0.15) is 5.69 Å². The number of pyridine rings is 1. The Balaban J connectivity index is 2.13. The maximum Gasteiger partial charge on any atom is 0.274 e. The molecule has 6 nitrogen and oxygen atoms in total. The minimum Gasteiger partial charge on any atom is -0.351 e. The zero-order valence-electron chi connectivity index (χ0n) is 13.1. The third-order valence-electron chi connectivity index (χ3n) is 3.43. The van der Waals surface area contributed by atoms with E-state index >= 15 is 0 Å². The highest BCUT2D eigenvalue weighted by atomic mass is 35.5. The van der Waals surface area contributed by atoms with Gasteiger partial charge in [-0.2, -0.15) is 0 Å². The Morgan fingerprint density at radius 3 is 2.75 bits per heavy atom. The van der Waals surface area contributed by atoms with Gasteiger partial charge < -0.3 is 5.32 Å². The van der Waals surface area contributed by atoms with Gasteiger partial charge in [-0.15, -0.1) is 5.10 Å². The first kappa shape index (κ1) is 16.1. The van der Waals surface area contributed by atoms with E-state index in [1.165, 1.54) is 0 Å². The van der Waals surface area contributed by atoms with Crippen LogP contribution >= 0.6 is 11.6 Å². The maximum absolute atomic E-state index is 12.4. The molecular weight excluding hydrogens is 326 g/mol. The molecular formula is C17H16ClN5O. The number of benzene rings is 1. The lowest BCUT2D eigenvalue weighted by molar-refractivity contribution is 0.0949. The van der Waals surface area contributed by atoms with Crippen molar-refractivity contribution in [1.29, 1.82) is 0 Å². The first-order valence-electron chi connectivity index (χ1n) is 7.61. The summed E-state index contributed by atoms with van der Waals surface area (Å²) >= 11 is 6.08. The number of nitrogens with one attached hydrogen (secondary N) is 1. The molecule has 0 atom stereocenters. The number of hydrogen-bond acceptors (Lipinski definition) is 4. The normalized spacial score (nSPS) is 10.6. The van der Waals surface area contributed by atoms with Crippen molar-refractivity contribution in [3.05, 3.63) is 59.5 Å². The van der Waals surface area contributed by atoms with Crippen molar-refractivity contribution < 1.29 is 4.79 Å². The van der Waals surface area contributed by atoms with Gasteiger partial charge in [0, 0.05) is 29.5 Å². The molecule has 0 saturated heterocycles. The van der Waals surface area contributed by atoms with Gasteiger partial charge in [-0.1, -0.05) is 29.8 Å². The maximum atomic E-state index is 12.4. The molecule has 0 radical (unpaired) electrons. The molecule has 0 aliphatic heterocycles. The fraction of sp³-hybridized carbons (Fsp3) is 0.176. The molecule has 0 saturated carbocycles. The van der Waals surface area contributed by atoms with Crippen molar-refractivity contribution in [3.63, 3.8) is 0 Å². The summed E-state index contributed by atoms with van der Waals surface area (Å²) in [5.74, 6) is -0.253. The minimum atomic E-state index is -0.253. The molecule has 0 fully saturated rings. The Labute approximate surface area is 144 Å². The lowest BCUT2D eigenvalue weighted by atomic mass is 10.1. The van der Waals surface area contributed by atoms with Gasteiger partial charge in [0.15, 0.2) is 5.69 Å². The number of hydrogen-bond donors (Lipinski definition) is 1. The minimum absolute atomic E-state index is 0.253. The molecule has 24 heavy (non-hydrogen) atoms. The van der Waals surface area contributed by atoms with Crippen LogP contribution in [0.4, 0.5) is 0 Å². The van der Waals surface area contributed by atoms with Crippen LogP contribution in [0.25, 0.3) is 16.9 Å². The van der Waals surface area contributed by atoms with Crippen molar-refractivity contribution in [2.45, 2.75) is 13.3 Å². The Morgan fingerprint density at radius 1 is 1.25 bits per heavy atom. The van der Waals surface area contributed by atoms with Gasteiger partial charge in [-0.3, -0.25) is 9.78 Å². The van der Waals surface area contributed by atoms with E-state index < -0.39 is 0 Å². The predicted molar refractivity (Wildman–Crippen MR) is 92.2 cm³/mol. The average Bonchev–Trinajstić information content (AvgIpc) is 3.05. The summed E-state index contributed by atoms with van der Waals surface area (Å²) in [5.41, 5.74) is 2.41. The molecule has 1 aromatic carbocycles. The molecule has 7 heteroatoms. The molecule has 2 aromatic heterocycles. The highest BCUT2D eigenvalue weighted by molar-refractivity contribution is 6.30. The zero-order chi connectivity index (χ0) is 16.9. The second-order valence-electron chi connectivity index (χ2n) is 5.17. The average molecular weight is 342 g/mol. The molecule has 1 N–H and O–H groups in total. The van der Waals surface area contributed by atoms with Gasteiger partial charge >= 0.3 is 0 Å². The van der Waals surface area contributed by atoms with Crippen LogP contribution in [0.1, 0.15) is 23.8 Å². The Bertz CT molecular complexity index is 847. The molecule has 122 valence electrons. The summed E-state index contributed by atoms with van der Waals surface area (Å²) in [7, 11) is 0. The summed E-state index contributed by atoms with van der Waals surface area (Å²) in [5, 5.41) is 11.7. The van der Waals surface area contributed by atoms with Crippen molar-refractivity contribution in [2.75, 3.05) is 6.54 Å². The van der Waals surface area contributed by atoms with Crippen LogP contribution in [-0.2, 0) is 0 Å². The van der Waals surface area contributed by atoms with Crippen molar-refractivity contribution >= 4 is 17.5 Å². The van der Waals surface area contributed by atoms with E-state index in [1.807, 2.05) is 31.2 Å². The van der Waals surface area contributed by atoms with Crippen LogP contribution < -0.4 is 5.32 Å². The van der Waals surface area contributed by atoms with E-state index in [0.29, 0.717) is 17.3 Å². The number of rotatable bonds is 5. The van der Waals surface area contributed by atoms with E-state index in [0.717, 1.165) is 17.7 Å². The molecule has 3 rings (SSSR count). The summed E-state index contributed by atoms with van der Waals surface area (Å²) in [4.78, 5) is 16.5. The number of amides is 1. The third-order valence-corrected chi connectivity index (χ3v) is 3.66. The molecule has 0 unspecified atom stereocenters. The third kappa shape index (κ3) is 3.28. The fourth-order valence-corrected chi connectivity index (χ4v) is 2.50. The first-order valence-corrected chi connectivity index (χ1v) is 7.98. The van der Waals surface area contributed by atoms with E-state index in [2.05, 4.69) is 20.6 Å². The van der Waals surface area contributed by atoms with Crippen LogP contribution in [0.15, 0.2) is 48.8 Å². The lowest BCUT2D eigenvalue weighted by Crippen LogP contribution is -2.25. The highest BCUT2D eigenvalue weighted by Crippen LogP contribution is 2.25.